The number of aliphatic hydroxyl groups excluding tert-OH is 1. The molecule has 0 unspecified atom stereocenters. The van der Waals surface area contributed by atoms with Gasteiger partial charge in [-0.25, -0.2) is 0 Å². The van der Waals surface area contributed by atoms with E-state index in [0.717, 1.165) is 83.5 Å². The average Bonchev–Trinajstić information content (AvgIpc) is 1.76. The Bertz CT molecular complexity index is 4110. The number of likely N-dealkylation sites (tertiary alicyclic amines) is 1. The molecule has 0 atom stereocenters. The van der Waals surface area contributed by atoms with E-state index in [9.17, 15) is 5.11 Å². The monoisotopic (exact) mass is 1250 g/mol. The van der Waals surface area contributed by atoms with Gasteiger partial charge in [0.2, 0.25) is 17.5 Å². The predicted octanol–water partition coefficient (Wildman–Crippen LogP) is 13.5. The number of hydrogen-bond acceptors (Lipinski definition) is 20. The van der Waals surface area contributed by atoms with Gasteiger partial charge in [0.25, 0.3) is 17.7 Å². The Morgan fingerprint density at radius 1 is 0.489 bits per heavy atom. The number of aromatic amines is 2. The van der Waals surface area contributed by atoms with Crippen LogP contribution in [0.5, 0.6) is 34.5 Å². The zero-order valence-electron chi connectivity index (χ0n) is 53.7. The standard InChI is InChI=1S/C27H35N5O3.C25H28N4O3.C18H19N3O4/c1-5-32(6-2)14-13-28-17-21-18-29-23-11-9-19(15-22(21)23)26-30-27(35-31-26)20-10-12-24(33-7-3)25(16-20)34-8-4;1-3-30-22-10-8-18(14-23(22)31-4-2)25-27-24(28-32-25)17-7-9-21-20(13-17)19(15-26-21)16-29-11-5-6-12-29;1-3-23-15-6-5-13(8-16(15)24-4-2)18-20-17(21-25-18)14-7-12(11-22)9-19-10-14/h9-12,15-16,18,28-29H,5-8,13-14,17H2,1-4H3;7-10,13-15,26H,3-6,11-12,16H2,1-2H3;5-10,22H,3-4,11H2,1-2H3. The van der Waals surface area contributed by atoms with Gasteiger partial charge in [0.15, 0.2) is 34.5 Å². The lowest BCUT2D eigenvalue weighted by Gasteiger charge is -2.17. The molecule has 0 aliphatic carbocycles. The molecule has 0 saturated carbocycles. The number of aliphatic hydroxyl groups is 1. The van der Waals surface area contributed by atoms with E-state index in [4.69, 9.17) is 42.0 Å². The topological polar surface area (TPSA) is 255 Å². The quantitative estimate of drug-likeness (QED) is 0.0332. The fourth-order valence-corrected chi connectivity index (χ4v) is 10.7. The molecule has 12 rings (SSSR count). The molecule has 0 spiro atoms. The third-order valence-electron chi connectivity index (χ3n) is 15.3. The summed E-state index contributed by atoms with van der Waals surface area (Å²) in [5.74, 6) is 6.85. The maximum Gasteiger partial charge on any atom is 0.258 e. The predicted molar refractivity (Wildman–Crippen MR) is 354 cm³/mol. The Labute approximate surface area is 535 Å². The zero-order chi connectivity index (χ0) is 64.2. The lowest BCUT2D eigenvalue weighted by molar-refractivity contribution is 0.281. The van der Waals surface area contributed by atoms with E-state index in [1.54, 1.807) is 18.5 Å². The van der Waals surface area contributed by atoms with Gasteiger partial charge in [-0.2, -0.15) is 15.0 Å². The summed E-state index contributed by atoms with van der Waals surface area (Å²) in [4.78, 5) is 29.5. The number of nitrogens with zero attached hydrogens (tertiary/aromatic N) is 9. The first-order chi connectivity index (χ1) is 45.2. The molecular formula is C70H82N12O10. The van der Waals surface area contributed by atoms with Crippen LogP contribution in [0.25, 0.3) is 90.3 Å². The Morgan fingerprint density at radius 3 is 1.36 bits per heavy atom. The van der Waals surface area contributed by atoms with Gasteiger partial charge in [-0.05, 0) is 194 Å². The summed E-state index contributed by atoms with van der Waals surface area (Å²) < 4.78 is 50.5. The average molecular weight is 1250 g/mol. The van der Waals surface area contributed by atoms with Crippen molar-refractivity contribution in [1.82, 2.24) is 60.5 Å². The molecule has 5 aromatic carbocycles. The summed E-state index contributed by atoms with van der Waals surface area (Å²) >= 11 is 0. The summed E-state index contributed by atoms with van der Waals surface area (Å²) in [6.45, 7) is 27.5. The molecule has 11 aromatic rings. The molecule has 0 radical (unpaired) electrons. The first-order valence-corrected chi connectivity index (χ1v) is 31.8. The Morgan fingerprint density at radius 2 is 0.913 bits per heavy atom. The van der Waals surface area contributed by atoms with Crippen LogP contribution in [0.15, 0.2) is 135 Å². The SMILES string of the molecule is CCOc1ccc(-c2nc(-c3ccc4[nH]cc(CN5CCCC5)c4c3)no2)cc1OCC.CCOc1ccc(-c2nc(-c3ccc4[nH]cc(CNCCN(CC)CC)c4c3)no2)cc1OCC.CCOc1ccc(-c2nc(-c3cncc(CO)c3)no2)cc1OCC. The van der Waals surface area contributed by atoms with Crippen molar-refractivity contribution in [3.8, 4) is 103 Å². The van der Waals surface area contributed by atoms with Crippen molar-refractivity contribution in [1.29, 1.82) is 0 Å². The van der Waals surface area contributed by atoms with Gasteiger partial charge >= 0.3 is 0 Å². The fraction of sp³-hybridized carbons (Fsp3) is 0.357. The Kier molecular flexibility index (Phi) is 23.0. The molecule has 482 valence electrons. The highest BCUT2D eigenvalue weighted by atomic mass is 16.5. The fourth-order valence-electron chi connectivity index (χ4n) is 10.7. The van der Waals surface area contributed by atoms with E-state index >= 15 is 0 Å². The number of aromatic nitrogens is 9. The molecule has 1 saturated heterocycles. The van der Waals surface area contributed by atoms with Crippen LogP contribution in [0, 0.1) is 0 Å². The maximum absolute atomic E-state index is 9.21. The molecule has 7 heterocycles. The van der Waals surface area contributed by atoms with Crippen molar-refractivity contribution in [3.63, 3.8) is 0 Å². The summed E-state index contributed by atoms with van der Waals surface area (Å²) in [7, 11) is 0. The van der Waals surface area contributed by atoms with E-state index in [0.29, 0.717) is 120 Å². The van der Waals surface area contributed by atoms with Crippen LogP contribution in [0.3, 0.4) is 0 Å². The third-order valence-corrected chi connectivity index (χ3v) is 15.3. The van der Waals surface area contributed by atoms with Crippen LogP contribution in [-0.2, 0) is 19.7 Å². The van der Waals surface area contributed by atoms with E-state index in [2.05, 4.69) is 111 Å². The second-order valence-electron chi connectivity index (χ2n) is 21.4. The van der Waals surface area contributed by atoms with Crippen LogP contribution >= 0.6 is 0 Å². The van der Waals surface area contributed by atoms with Gasteiger partial charge in [0.1, 0.15) is 0 Å². The number of H-pyrrole nitrogens is 2. The van der Waals surface area contributed by atoms with Crippen molar-refractivity contribution in [2.75, 3.05) is 78.9 Å². The lowest BCUT2D eigenvalue weighted by atomic mass is 10.1. The van der Waals surface area contributed by atoms with Crippen molar-refractivity contribution in [2.45, 2.75) is 87.9 Å². The molecule has 22 heteroatoms. The minimum Gasteiger partial charge on any atom is -0.490 e. The first kappa shape index (κ1) is 65.3. The van der Waals surface area contributed by atoms with Gasteiger partial charge in [-0.3, -0.25) is 9.88 Å². The first-order valence-electron chi connectivity index (χ1n) is 31.8. The van der Waals surface area contributed by atoms with E-state index in [1.807, 2.05) is 108 Å². The highest BCUT2D eigenvalue weighted by Gasteiger charge is 2.20. The largest absolute Gasteiger partial charge is 0.490 e. The summed E-state index contributed by atoms with van der Waals surface area (Å²) in [5.41, 5.74) is 10.3. The van der Waals surface area contributed by atoms with Crippen molar-refractivity contribution in [3.05, 3.63) is 139 Å². The van der Waals surface area contributed by atoms with Crippen LogP contribution in [-0.4, -0.2) is 139 Å². The van der Waals surface area contributed by atoms with Crippen molar-refractivity contribution >= 4 is 21.8 Å². The van der Waals surface area contributed by atoms with Gasteiger partial charge in [0, 0.05) is 106 Å². The molecule has 0 amide bonds. The van der Waals surface area contributed by atoms with E-state index in [1.165, 1.54) is 42.4 Å². The van der Waals surface area contributed by atoms with Crippen LogP contribution in [0.4, 0.5) is 0 Å². The number of benzene rings is 5. The summed E-state index contributed by atoms with van der Waals surface area (Å²) in [5, 5.41) is 27.6. The second kappa shape index (κ2) is 32.4. The minimum atomic E-state index is -0.0951. The molecule has 1 aliphatic rings. The maximum atomic E-state index is 9.21. The molecular weight excluding hydrogens is 1170 g/mol. The Balaban J connectivity index is 0.000000153. The van der Waals surface area contributed by atoms with Gasteiger partial charge in [0.05, 0.1) is 46.2 Å². The molecule has 6 aromatic heterocycles. The number of rotatable bonds is 28. The van der Waals surface area contributed by atoms with E-state index in [-0.39, 0.29) is 6.61 Å². The lowest BCUT2D eigenvalue weighted by Crippen LogP contribution is -2.31. The van der Waals surface area contributed by atoms with Crippen LogP contribution < -0.4 is 33.7 Å². The highest BCUT2D eigenvalue weighted by Crippen LogP contribution is 2.37. The molecule has 1 fully saturated rings. The number of fused-ring (bicyclic) bond motifs is 2. The molecule has 1 aliphatic heterocycles. The van der Waals surface area contributed by atoms with Gasteiger partial charge < -0.3 is 67.3 Å². The molecule has 22 nitrogen and oxygen atoms in total. The normalized spacial score (nSPS) is 12.2. The number of nitrogens with one attached hydrogen (secondary N) is 3. The van der Waals surface area contributed by atoms with Crippen molar-refractivity contribution < 1.29 is 47.1 Å². The zero-order valence-corrected chi connectivity index (χ0v) is 53.7. The Hall–Kier alpha value is -9.61. The van der Waals surface area contributed by atoms with Gasteiger partial charge in [-0.1, -0.05) is 29.3 Å². The van der Waals surface area contributed by atoms with Gasteiger partial charge in [-0.15, -0.1) is 0 Å². The number of hydrogen-bond donors (Lipinski definition) is 4. The smallest absolute Gasteiger partial charge is 0.258 e. The minimum absolute atomic E-state index is 0.0951. The van der Waals surface area contributed by atoms with Crippen molar-refractivity contribution in [2.24, 2.45) is 0 Å². The van der Waals surface area contributed by atoms with Crippen LogP contribution in [0.1, 0.15) is 84.9 Å². The summed E-state index contributed by atoms with van der Waals surface area (Å²) in [6.07, 6.45) is 9.97. The second-order valence-corrected chi connectivity index (χ2v) is 21.4. The number of pyridine rings is 1. The van der Waals surface area contributed by atoms with Crippen LogP contribution in [0.2, 0.25) is 0 Å². The molecule has 4 N–H and O–H groups in total. The molecule has 0 bridgehead atoms. The number of ether oxygens (including phenoxy) is 6. The van der Waals surface area contributed by atoms with E-state index < -0.39 is 0 Å². The highest BCUT2D eigenvalue weighted by molar-refractivity contribution is 5.88. The third kappa shape index (κ3) is 16.3. The molecule has 92 heavy (non-hydrogen) atoms. The summed E-state index contributed by atoms with van der Waals surface area (Å²) in [6, 6.07) is 31.0. The number of likely N-dealkylation sites (N-methyl/N-ethyl adjacent to an activating group) is 1.